The first-order chi connectivity index (χ1) is 10.5. The van der Waals surface area contributed by atoms with Crippen LogP contribution in [-0.4, -0.2) is 36.2 Å². The molecule has 0 saturated heterocycles. The highest BCUT2D eigenvalue weighted by Crippen LogP contribution is 2.45. The van der Waals surface area contributed by atoms with Crippen molar-refractivity contribution in [3.63, 3.8) is 0 Å². The van der Waals surface area contributed by atoms with Crippen molar-refractivity contribution in [1.29, 1.82) is 0 Å². The number of guanidine groups is 1. The zero-order chi connectivity index (χ0) is 16.0. The molecule has 0 atom stereocenters. The van der Waals surface area contributed by atoms with Gasteiger partial charge in [0.15, 0.2) is 11.8 Å². The molecule has 1 saturated carbocycles. The summed E-state index contributed by atoms with van der Waals surface area (Å²) in [4.78, 5) is 8.49. The monoisotopic (exact) mass is 435 g/mol. The predicted octanol–water partition coefficient (Wildman–Crippen LogP) is 2.92. The van der Waals surface area contributed by atoms with Crippen LogP contribution < -0.4 is 10.6 Å². The first kappa shape index (κ1) is 20.2. The lowest BCUT2D eigenvalue weighted by molar-refractivity contribution is 0.104. The molecule has 0 radical (unpaired) electrons. The van der Waals surface area contributed by atoms with E-state index < -0.39 is 0 Å². The van der Waals surface area contributed by atoms with Crippen LogP contribution in [0.25, 0.3) is 0 Å². The lowest BCUT2D eigenvalue weighted by Crippen LogP contribution is -2.47. The van der Waals surface area contributed by atoms with E-state index >= 15 is 0 Å². The average molecular weight is 435 g/mol. The van der Waals surface area contributed by atoms with Crippen LogP contribution in [0.2, 0.25) is 0 Å². The second kappa shape index (κ2) is 9.44. The van der Waals surface area contributed by atoms with Gasteiger partial charge in [-0.15, -0.1) is 24.0 Å². The Morgan fingerprint density at radius 3 is 2.57 bits per heavy atom. The summed E-state index contributed by atoms with van der Waals surface area (Å²) in [5, 5.41) is 10.6. The number of nitrogens with zero attached hydrogens (tertiary/aromatic N) is 3. The predicted molar refractivity (Wildman–Crippen MR) is 103 cm³/mol. The Kier molecular flexibility index (Phi) is 8.28. The molecular weight excluding hydrogens is 405 g/mol. The third-order valence-corrected chi connectivity index (χ3v) is 4.31. The summed E-state index contributed by atoms with van der Waals surface area (Å²) in [6.45, 7) is 8.18. The average Bonchev–Trinajstić information content (AvgIpc) is 2.84. The summed E-state index contributed by atoms with van der Waals surface area (Å²) in [5.41, 5.74) is 0.468. The topological polar surface area (TPSA) is 75.3 Å². The van der Waals surface area contributed by atoms with Gasteiger partial charge in [0.1, 0.15) is 0 Å². The Morgan fingerprint density at radius 1 is 1.35 bits per heavy atom. The molecule has 1 aromatic heterocycles. The quantitative estimate of drug-likeness (QED) is 0.392. The van der Waals surface area contributed by atoms with Gasteiger partial charge >= 0.3 is 0 Å². The Bertz CT molecular complexity index is 496. The van der Waals surface area contributed by atoms with Crippen molar-refractivity contribution in [2.75, 3.05) is 20.1 Å². The lowest BCUT2D eigenvalue weighted by atomic mass is 9.64. The normalized spacial score (nSPS) is 16.7. The molecule has 0 bridgehead atoms. The summed E-state index contributed by atoms with van der Waals surface area (Å²) < 4.78 is 5.10. The number of hydrogen-bond acceptors (Lipinski definition) is 4. The van der Waals surface area contributed by atoms with Crippen LogP contribution in [0.4, 0.5) is 0 Å². The molecular formula is C16H30IN5O. The fourth-order valence-corrected chi connectivity index (χ4v) is 3.22. The standard InChI is InChI=1S/C16H29N5O.HI/c1-12(2)10-16(7-5-8-16)11-19-15(17-4)18-9-6-14-20-13(3)21-22-14;/h12H,5-11H2,1-4H3,(H2,17,18,19);1H. The minimum absolute atomic E-state index is 0. The van der Waals surface area contributed by atoms with Crippen molar-refractivity contribution in [3.05, 3.63) is 11.7 Å². The van der Waals surface area contributed by atoms with E-state index in [0.717, 1.165) is 25.0 Å². The number of nitrogens with one attached hydrogen (secondary N) is 2. The van der Waals surface area contributed by atoms with Gasteiger partial charge in [-0.25, -0.2) is 0 Å². The van der Waals surface area contributed by atoms with Gasteiger partial charge in [-0.2, -0.15) is 4.98 Å². The molecule has 1 aromatic rings. The fraction of sp³-hybridized carbons (Fsp3) is 0.812. The van der Waals surface area contributed by atoms with Crippen LogP contribution in [0.3, 0.4) is 0 Å². The van der Waals surface area contributed by atoms with Gasteiger partial charge in [0.25, 0.3) is 0 Å². The molecule has 1 heterocycles. The van der Waals surface area contributed by atoms with E-state index in [-0.39, 0.29) is 24.0 Å². The summed E-state index contributed by atoms with van der Waals surface area (Å²) >= 11 is 0. The van der Waals surface area contributed by atoms with E-state index in [1.165, 1.54) is 25.7 Å². The Hall–Kier alpha value is -0.860. The molecule has 2 rings (SSSR count). The summed E-state index contributed by atoms with van der Waals surface area (Å²) in [7, 11) is 1.81. The minimum atomic E-state index is 0. The first-order valence-corrected chi connectivity index (χ1v) is 8.27. The molecule has 0 aliphatic heterocycles. The summed E-state index contributed by atoms with van der Waals surface area (Å²) in [5.74, 6) is 2.94. The molecule has 1 fully saturated rings. The van der Waals surface area contributed by atoms with Gasteiger partial charge in [-0.1, -0.05) is 25.4 Å². The maximum Gasteiger partial charge on any atom is 0.228 e. The zero-order valence-electron chi connectivity index (χ0n) is 14.7. The van der Waals surface area contributed by atoms with Crippen molar-refractivity contribution in [2.24, 2.45) is 16.3 Å². The van der Waals surface area contributed by atoms with E-state index in [1.807, 2.05) is 14.0 Å². The first-order valence-electron chi connectivity index (χ1n) is 8.27. The molecule has 23 heavy (non-hydrogen) atoms. The van der Waals surface area contributed by atoms with Gasteiger partial charge in [-0.05, 0) is 37.5 Å². The van der Waals surface area contributed by atoms with Crippen molar-refractivity contribution < 1.29 is 4.52 Å². The number of aryl methyl sites for hydroxylation is 1. The van der Waals surface area contributed by atoms with Gasteiger partial charge in [0.05, 0.1) is 0 Å². The molecule has 0 aromatic carbocycles. The minimum Gasteiger partial charge on any atom is -0.356 e. The molecule has 6 nitrogen and oxygen atoms in total. The summed E-state index contributed by atoms with van der Waals surface area (Å²) in [6.07, 6.45) is 6.01. The maximum absolute atomic E-state index is 5.10. The van der Waals surface area contributed by atoms with E-state index in [9.17, 15) is 0 Å². The van der Waals surface area contributed by atoms with Crippen LogP contribution in [0, 0.1) is 18.3 Å². The largest absolute Gasteiger partial charge is 0.356 e. The summed E-state index contributed by atoms with van der Waals surface area (Å²) in [6, 6.07) is 0. The Balaban J connectivity index is 0.00000264. The highest BCUT2D eigenvalue weighted by atomic mass is 127. The van der Waals surface area contributed by atoms with E-state index in [1.54, 1.807) is 0 Å². The van der Waals surface area contributed by atoms with Crippen LogP contribution in [-0.2, 0) is 6.42 Å². The molecule has 0 unspecified atom stereocenters. The molecule has 132 valence electrons. The van der Waals surface area contributed by atoms with Gasteiger partial charge in [0, 0.05) is 26.6 Å². The third kappa shape index (κ3) is 6.27. The molecule has 7 heteroatoms. The van der Waals surface area contributed by atoms with Crippen molar-refractivity contribution in [1.82, 2.24) is 20.8 Å². The van der Waals surface area contributed by atoms with E-state index in [4.69, 9.17) is 4.52 Å². The van der Waals surface area contributed by atoms with Crippen LogP contribution >= 0.6 is 24.0 Å². The molecule has 1 aliphatic carbocycles. The van der Waals surface area contributed by atoms with Crippen LogP contribution in [0.5, 0.6) is 0 Å². The number of aliphatic imine (C=N–C) groups is 1. The Labute approximate surface area is 156 Å². The number of hydrogen-bond donors (Lipinski definition) is 2. The highest BCUT2D eigenvalue weighted by Gasteiger charge is 2.37. The van der Waals surface area contributed by atoms with Crippen LogP contribution in [0.15, 0.2) is 9.52 Å². The van der Waals surface area contributed by atoms with Gasteiger partial charge in [0.2, 0.25) is 5.89 Å². The van der Waals surface area contributed by atoms with E-state index in [2.05, 4.69) is 39.6 Å². The lowest BCUT2D eigenvalue weighted by Gasteiger charge is -2.43. The van der Waals surface area contributed by atoms with Crippen LogP contribution in [0.1, 0.15) is 51.2 Å². The van der Waals surface area contributed by atoms with E-state index in [0.29, 0.717) is 23.6 Å². The molecule has 0 amide bonds. The van der Waals surface area contributed by atoms with Crippen molar-refractivity contribution >= 4 is 29.9 Å². The zero-order valence-corrected chi connectivity index (χ0v) is 17.0. The second-order valence-electron chi connectivity index (χ2n) is 6.79. The molecule has 2 N–H and O–H groups in total. The molecule has 0 spiro atoms. The van der Waals surface area contributed by atoms with Crippen molar-refractivity contribution in [2.45, 2.75) is 52.9 Å². The van der Waals surface area contributed by atoms with Crippen molar-refractivity contribution in [3.8, 4) is 0 Å². The maximum atomic E-state index is 5.10. The number of halogens is 1. The number of rotatable bonds is 7. The second-order valence-corrected chi connectivity index (χ2v) is 6.79. The highest BCUT2D eigenvalue weighted by molar-refractivity contribution is 14.0. The SMILES string of the molecule is CN=C(NCCc1nc(C)no1)NCC1(CC(C)C)CCC1.I. The number of aromatic nitrogens is 2. The van der Waals surface area contributed by atoms with Gasteiger partial charge < -0.3 is 15.2 Å². The smallest absolute Gasteiger partial charge is 0.228 e. The fourth-order valence-electron chi connectivity index (χ4n) is 3.22. The van der Waals surface area contributed by atoms with Gasteiger partial charge in [-0.3, -0.25) is 4.99 Å². The third-order valence-electron chi connectivity index (χ3n) is 4.31. The Morgan fingerprint density at radius 2 is 2.09 bits per heavy atom. The molecule has 1 aliphatic rings.